The minimum absolute atomic E-state index is 0.0307. The molecule has 0 atom stereocenters. The van der Waals surface area contributed by atoms with Crippen LogP contribution in [0.25, 0.3) is 0 Å². The fourth-order valence-electron chi connectivity index (χ4n) is 5.24. The molecule has 1 amide bonds. The van der Waals surface area contributed by atoms with Gasteiger partial charge in [0.1, 0.15) is 0 Å². The summed E-state index contributed by atoms with van der Waals surface area (Å²) in [4.78, 5) is 14.0. The maximum absolute atomic E-state index is 14.1. The van der Waals surface area contributed by atoms with Crippen molar-refractivity contribution in [3.63, 3.8) is 0 Å². The Bertz CT molecular complexity index is 1580. The van der Waals surface area contributed by atoms with Gasteiger partial charge in [-0.1, -0.05) is 83.9 Å². The van der Waals surface area contributed by atoms with Crippen LogP contribution in [0.1, 0.15) is 39.9 Å². The van der Waals surface area contributed by atoms with E-state index in [0.717, 1.165) is 29.5 Å². The fraction of sp³-hybridized carbons (Fsp3) is 0.242. The summed E-state index contributed by atoms with van der Waals surface area (Å²) < 4.78 is 35.1. The normalized spacial score (nSPS) is 14.8. The monoisotopic (exact) mass is 588 g/mol. The van der Waals surface area contributed by atoms with Crippen LogP contribution < -0.4 is 9.62 Å². The number of ether oxygens (including phenoxy) is 1. The topological polar surface area (TPSA) is 75.7 Å². The third kappa shape index (κ3) is 6.48. The summed E-state index contributed by atoms with van der Waals surface area (Å²) in [5.74, 6) is -0.331. The molecule has 5 rings (SSSR count). The number of carbonyl (C=O) groups is 1. The Balaban J connectivity index is 1.50. The van der Waals surface area contributed by atoms with Crippen LogP contribution in [0.15, 0.2) is 108 Å². The molecule has 1 fully saturated rings. The Morgan fingerprint density at radius 3 is 2.20 bits per heavy atom. The summed E-state index contributed by atoms with van der Waals surface area (Å²) in [6.45, 7) is 3.58. The number of rotatable bonds is 9. The number of aryl methyl sites for hydroxylation is 1. The Hall–Kier alpha value is -3.65. The number of anilines is 1. The number of hydrogen-bond acceptors (Lipinski definition) is 4. The lowest BCUT2D eigenvalue weighted by Gasteiger charge is -2.38. The Kier molecular flexibility index (Phi) is 8.78. The third-order valence-electron chi connectivity index (χ3n) is 7.69. The van der Waals surface area contributed by atoms with E-state index < -0.39 is 10.0 Å². The summed E-state index contributed by atoms with van der Waals surface area (Å²) in [5.41, 5.74) is 3.18. The second-order valence-corrected chi connectivity index (χ2v) is 12.7. The van der Waals surface area contributed by atoms with Gasteiger partial charge in [0.05, 0.1) is 22.7 Å². The molecule has 0 bridgehead atoms. The molecule has 1 heterocycles. The van der Waals surface area contributed by atoms with Gasteiger partial charge < -0.3 is 10.1 Å². The van der Waals surface area contributed by atoms with Gasteiger partial charge in [-0.3, -0.25) is 9.10 Å². The van der Waals surface area contributed by atoms with E-state index in [9.17, 15) is 13.2 Å². The maximum Gasteiger partial charge on any atom is 0.264 e. The van der Waals surface area contributed by atoms with Gasteiger partial charge in [0.25, 0.3) is 15.9 Å². The lowest BCUT2D eigenvalue weighted by Crippen LogP contribution is -2.45. The van der Waals surface area contributed by atoms with E-state index in [0.29, 0.717) is 30.5 Å². The summed E-state index contributed by atoms with van der Waals surface area (Å²) in [5, 5.41) is 3.70. The number of hydrogen-bond donors (Lipinski definition) is 1. The molecular formula is C33H33ClN2O4S. The Labute approximate surface area is 247 Å². The minimum atomic E-state index is -4.02. The molecule has 0 aromatic heterocycles. The van der Waals surface area contributed by atoms with Crippen LogP contribution in [0.4, 0.5) is 5.69 Å². The molecule has 0 saturated carbocycles. The summed E-state index contributed by atoms with van der Waals surface area (Å²) in [6, 6.07) is 30.8. The number of para-hydroxylation sites is 1. The molecular weight excluding hydrogens is 556 g/mol. The number of benzene rings is 4. The summed E-state index contributed by atoms with van der Waals surface area (Å²) in [7, 11) is -4.02. The van der Waals surface area contributed by atoms with Crippen molar-refractivity contribution in [3.8, 4) is 0 Å². The molecule has 6 nitrogen and oxygen atoms in total. The van der Waals surface area contributed by atoms with Gasteiger partial charge in [0.15, 0.2) is 0 Å². The van der Waals surface area contributed by atoms with E-state index in [-0.39, 0.29) is 28.3 Å². The van der Waals surface area contributed by atoms with Crippen molar-refractivity contribution in [2.45, 2.75) is 36.6 Å². The lowest BCUT2D eigenvalue weighted by molar-refractivity contribution is 0.0487. The maximum atomic E-state index is 14.1. The number of halogens is 1. The van der Waals surface area contributed by atoms with Crippen molar-refractivity contribution in [3.05, 3.63) is 130 Å². The molecule has 1 aliphatic rings. The third-order valence-corrected chi connectivity index (χ3v) is 9.72. The standard InChI is InChI=1S/C33H33ClN2O4S/c1-25-11-17-29(18-12-25)41(38,39)36(23-26-13-15-28(34)16-14-26)31-10-6-5-9-30(31)32(37)35-24-33(19-21-40-22-20-33)27-7-3-2-4-8-27/h2-18H,19-24H2,1H3,(H,35,37). The first-order valence-electron chi connectivity index (χ1n) is 13.6. The van der Waals surface area contributed by atoms with Gasteiger partial charge in [-0.25, -0.2) is 8.42 Å². The second-order valence-electron chi connectivity index (χ2n) is 10.4. The predicted molar refractivity (Wildman–Crippen MR) is 163 cm³/mol. The molecule has 8 heteroatoms. The van der Waals surface area contributed by atoms with Crippen molar-refractivity contribution in [2.24, 2.45) is 0 Å². The zero-order chi connectivity index (χ0) is 28.9. The van der Waals surface area contributed by atoms with E-state index in [1.165, 1.54) is 4.31 Å². The van der Waals surface area contributed by atoms with Crippen LogP contribution in [0.2, 0.25) is 5.02 Å². The largest absolute Gasteiger partial charge is 0.381 e. The zero-order valence-corrected chi connectivity index (χ0v) is 24.5. The van der Waals surface area contributed by atoms with E-state index in [1.807, 2.05) is 25.1 Å². The van der Waals surface area contributed by atoms with Crippen molar-refractivity contribution < 1.29 is 17.9 Å². The molecule has 0 aliphatic carbocycles. The first-order valence-corrected chi connectivity index (χ1v) is 15.4. The fourth-order valence-corrected chi connectivity index (χ4v) is 6.84. The Morgan fingerprint density at radius 1 is 0.878 bits per heavy atom. The van der Waals surface area contributed by atoms with E-state index >= 15 is 0 Å². The molecule has 0 spiro atoms. The summed E-state index contributed by atoms with van der Waals surface area (Å²) >= 11 is 6.09. The zero-order valence-electron chi connectivity index (χ0n) is 22.9. The SMILES string of the molecule is Cc1ccc(S(=O)(=O)N(Cc2ccc(Cl)cc2)c2ccccc2C(=O)NCC2(c3ccccc3)CCOCC2)cc1. The highest BCUT2D eigenvalue weighted by Gasteiger charge is 2.35. The summed E-state index contributed by atoms with van der Waals surface area (Å²) in [6.07, 6.45) is 1.56. The average Bonchev–Trinajstić information content (AvgIpc) is 3.00. The van der Waals surface area contributed by atoms with Crippen molar-refractivity contribution in [1.82, 2.24) is 5.32 Å². The van der Waals surface area contributed by atoms with Crippen LogP contribution in [0.3, 0.4) is 0 Å². The van der Waals surface area contributed by atoms with Crippen LogP contribution in [0.5, 0.6) is 0 Å². The van der Waals surface area contributed by atoms with Crippen molar-refractivity contribution in [1.29, 1.82) is 0 Å². The molecule has 212 valence electrons. The molecule has 0 unspecified atom stereocenters. The molecule has 0 radical (unpaired) electrons. The number of nitrogens with zero attached hydrogens (tertiary/aromatic N) is 1. The van der Waals surface area contributed by atoms with Crippen molar-refractivity contribution in [2.75, 3.05) is 24.1 Å². The molecule has 1 aliphatic heterocycles. The number of nitrogens with one attached hydrogen (secondary N) is 1. The minimum Gasteiger partial charge on any atom is -0.381 e. The van der Waals surface area contributed by atoms with Crippen LogP contribution in [0, 0.1) is 6.92 Å². The number of sulfonamides is 1. The van der Waals surface area contributed by atoms with Gasteiger partial charge in [-0.2, -0.15) is 0 Å². The number of carbonyl (C=O) groups excluding carboxylic acids is 1. The van der Waals surface area contributed by atoms with Gasteiger partial charge in [0, 0.05) is 30.2 Å². The van der Waals surface area contributed by atoms with Gasteiger partial charge in [0.2, 0.25) is 0 Å². The van der Waals surface area contributed by atoms with Crippen LogP contribution in [-0.4, -0.2) is 34.1 Å². The molecule has 1 saturated heterocycles. The molecule has 4 aromatic carbocycles. The smallest absolute Gasteiger partial charge is 0.264 e. The quantitative estimate of drug-likeness (QED) is 0.241. The van der Waals surface area contributed by atoms with Crippen LogP contribution >= 0.6 is 11.6 Å². The first kappa shape index (κ1) is 28.9. The molecule has 41 heavy (non-hydrogen) atoms. The Morgan fingerprint density at radius 2 is 1.51 bits per heavy atom. The van der Waals surface area contributed by atoms with E-state index in [2.05, 4.69) is 17.4 Å². The van der Waals surface area contributed by atoms with E-state index in [1.54, 1.807) is 72.8 Å². The average molecular weight is 589 g/mol. The van der Waals surface area contributed by atoms with E-state index in [4.69, 9.17) is 16.3 Å². The lowest BCUT2D eigenvalue weighted by atomic mass is 9.74. The highest BCUT2D eigenvalue weighted by Crippen LogP contribution is 2.35. The van der Waals surface area contributed by atoms with Gasteiger partial charge >= 0.3 is 0 Å². The highest BCUT2D eigenvalue weighted by atomic mass is 35.5. The van der Waals surface area contributed by atoms with Gasteiger partial charge in [-0.15, -0.1) is 0 Å². The molecule has 4 aromatic rings. The van der Waals surface area contributed by atoms with Crippen LogP contribution in [-0.2, 0) is 26.7 Å². The molecule has 1 N–H and O–H groups in total. The van der Waals surface area contributed by atoms with Crippen molar-refractivity contribution >= 4 is 33.2 Å². The highest BCUT2D eigenvalue weighted by molar-refractivity contribution is 7.92. The van der Waals surface area contributed by atoms with Gasteiger partial charge in [-0.05, 0) is 67.3 Å². The first-order chi connectivity index (χ1) is 19.8. The number of amides is 1. The predicted octanol–water partition coefficient (Wildman–Crippen LogP) is 6.52. The second kappa shape index (κ2) is 12.5.